The van der Waals surface area contributed by atoms with Crippen LogP contribution >= 0.6 is 0 Å². The second-order valence-electron chi connectivity index (χ2n) is 11.8. The Morgan fingerprint density at radius 3 is 1.32 bits per heavy atom. The quantitative estimate of drug-likeness (QED) is 0.189. The number of para-hydroxylation sites is 2. The lowest BCUT2D eigenvalue weighted by molar-refractivity contribution is -0.137. The van der Waals surface area contributed by atoms with Crippen LogP contribution in [-0.4, -0.2) is 9.13 Å². The minimum Gasteiger partial charge on any atom is -0.308 e. The highest BCUT2D eigenvalue weighted by Gasteiger charge is 2.36. The number of halogens is 3. The molecule has 9 heteroatoms. The predicted molar refractivity (Wildman–Crippen MR) is 184 cm³/mol. The molecule has 50 heavy (non-hydrogen) atoms. The largest absolute Gasteiger partial charge is 0.417 e. The maximum atomic E-state index is 15.1. The van der Waals surface area contributed by atoms with Crippen LogP contribution in [0.3, 0.4) is 0 Å². The van der Waals surface area contributed by atoms with Crippen molar-refractivity contribution >= 4 is 43.6 Å². The van der Waals surface area contributed by atoms with E-state index in [2.05, 4.69) is 18.2 Å². The van der Waals surface area contributed by atoms with Crippen LogP contribution in [-0.2, 0) is 6.18 Å². The molecule has 0 spiro atoms. The van der Waals surface area contributed by atoms with E-state index in [9.17, 15) is 21.0 Å². The van der Waals surface area contributed by atoms with E-state index >= 15 is 13.2 Å². The van der Waals surface area contributed by atoms with Crippen LogP contribution in [0.15, 0.2) is 115 Å². The zero-order valence-electron chi connectivity index (χ0n) is 25.8. The van der Waals surface area contributed by atoms with Gasteiger partial charge in [0.2, 0.25) is 0 Å². The summed E-state index contributed by atoms with van der Waals surface area (Å²) in [7, 11) is 0. The highest BCUT2D eigenvalue weighted by molar-refractivity contribution is 6.12. The average molecular weight is 653 g/mol. The molecule has 0 aliphatic rings. The van der Waals surface area contributed by atoms with Crippen LogP contribution in [0.25, 0.3) is 66.1 Å². The third kappa shape index (κ3) is 4.47. The van der Waals surface area contributed by atoms with E-state index in [1.54, 1.807) is 48.5 Å². The Balaban J connectivity index is 1.63. The van der Waals surface area contributed by atoms with Gasteiger partial charge in [-0.2, -0.15) is 34.2 Å². The molecule has 0 saturated heterocycles. The predicted octanol–water partition coefficient (Wildman–Crippen LogP) is 10.1. The SMILES string of the molecule is N#Cc1cc(-n2c3ccccc3c3cc(C#N)ccc32)c(-c2ccc(C#N)cc2C(F)(F)F)c(-n2c3ccccc3c3cc(C#N)ccc32)c1. The Morgan fingerprint density at radius 2 is 0.860 bits per heavy atom. The fourth-order valence-electron chi connectivity index (χ4n) is 6.98. The van der Waals surface area contributed by atoms with Crippen molar-refractivity contribution in [2.75, 3.05) is 0 Å². The molecule has 0 saturated carbocycles. The third-order valence-electron chi connectivity index (χ3n) is 9.03. The van der Waals surface area contributed by atoms with Gasteiger partial charge in [0.15, 0.2) is 0 Å². The number of benzene rings is 6. The van der Waals surface area contributed by atoms with Gasteiger partial charge in [-0.05, 0) is 78.4 Å². The van der Waals surface area contributed by atoms with Crippen LogP contribution in [0.2, 0.25) is 0 Å². The maximum Gasteiger partial charge on any atom is 0.417 e. The normalized spacial score (nSPS) is 11.4. The van der Waals surface area contributed by atoms with Crippen molar-refractivity contribution in [3.05, 3.63) is 143 Å². The lowest BCUT2D eigenvalue weighted by atomic mass is 9.92. The number of hydrogen-bond donors (Lipinski definition) is 0. The van der Waals surface area contributed by atoms with Crippen molar-refractivity contribution in [2.45, 2.75) is 6.18 Å². The topological polar surface area (TPSA) is 105 Å². The zero-order chi connectivity index (χ0) is 34.7. The molecule has 0 bridgehead atoms. The fourth-order valence-corrected chi connectivity index (χ4v) is 6.98. The minimum atomic E-state index is -4.85. The highest BCUT2D eigenvalue weighted by atomic mass is 19.4. The summed E-state index contributed by atoms with van der Waals surface area (Å²) in [4.78, 5) is 0. The van der Waals surface area contributed by atoms with Crippen LogP contribution < -0.4 is 0 Å². The van der Waals surface area contributed by atoms with E-state index < -0.39 is 11.7 Å². The second kappa shape index (κ2) is 11.1. The van der Waals surface area contributed by atoms with Gasteiger partial charge >= 0.3 is 6.18 Å². The Labute approximate surface area is 282 Å². The first-order valence-electron chi connectivity index (χ1n) is 15.3. The molecule has 6 nitrogen and oxygen atoms in total. The fraction of sp³-hybridized carbons (Fsp3) is 0.0244. The van der Waals surface area contributed by atoms with Crippen LogP contribution in [0.5, 0.6) is 0 Å². The van der Waals surface area contributed by atoms with Gasteiger partial charge in [0.1, 0.15) is 0 Å². The maximum absolute atomic E-state index is 15.1. The molecule has 234 valence electrons. The van der Waals surface area contributed by atoms with E-state index in [0.717, 1.165) is 16.8 Å². The lowest BCUT2D eigenvalue weighted by Gasteiger charge is -2.23. The van der Waals surface area contributed by atoms with E-state index in [1.165, 1.54) is 12.1 Å². The van der Waals surface area contributed by atoms with Crippen molar-refractivity contribution in [2.24, 2.45) is 0 Å². The van der Waals surface area contributed by atoms with Gasteiger partial charge < -0.3 is 9.13 Å². The molecule has 0 N–H and O–H groups in total. The summed E-state index contributed by atoms with van der Waals surface area (Å²) in [6, 6.07) is 40.1. The molecule has 0 atom stereocenters. The van der Waals surface area contributed by atoms with Crippen molar-refractivity contribution in [3.8, 4) is 46.8 Å². The van der Waals surface area contributed by atoms with Crippen molar-refractivity contribution in [3.63, 3.8) is 0 Å². The van der Waals surface area contributed by atoms with Gasteiger partial charge in [0.05, 0.1) is 85.5 Å². The van der Waals surface area contributed by atoms with Crippen molar-refractivity contribution < 1.29 is 13.2 Å². The molecule has 8 aromatic rings. The van der Waals surface area contributed by atoms with Gasteiger partial charge in [-0.1, -0.05) is 42.5 Å². The van der Waals surface area contributed by atoms with E-state index in [-0.39, 0.29) is 22.3 Å². The van der Waals surface area contributed by atoms with E-state index in [1.807, 2.05) is 63.7 Å². The lowest BCUT2D eigenvalue weighted by Crippen LogP contribution is -2.11. The van der Waals surface area contributed by atoms with Crippen LogP contribution in [0.1, 0.15) is 27.8 Å². The molecule has 0 aliphatic heterocycles. The van der Waals surface area contributed by atoms with Crippen LogP contribution in [0, 0.1) is 45.3 Å². The summed E-state index contributed by atoms with van der Waals surface area (Å²) in [5, 5.41) is 42.4. The van der Waals surface area contributed by atoms with Gasteiger partial charge in [-0.3, -0.25) is 0 Å². The number of nitriles is 4. The van der Waals surface area contributed by atoms with E-state index in [4.69, 9.17) is 0 Å². The molecule has 8 rings (SSSR count). The Kier molecular flexibility index (Phi) is 6.69. The van der Waals surface area contributed by atoms with Crippen LogP contribution in [0.4, 0.5) is 13.2 Å². The van der Waals surface area contributed by atoms with Gasteiger partial charge in [0, 0.05) is 27.1 Å². The number of nitrogens with zero attached hydrogens (tertiary/aromatic N) is 6. The first-order chi connectivity index (χ1) is 24.2. The summed E-state index contributed by atoms with van der Waals surface area (Å²) >= 11 is 0. The Morgan fingerprint density at radius 1 is 0.440 bits per heavy atom. The van der Waals surface area contributed by atoms with Crippen molar-refractivity contribution in [1.29, 1.82) is 21.0 Å². The second-order valence-corrected chi connectivity index (χ2v) is 11.8. The average Bonchev–Trinajstić information content (AvgIpc) is 3.65. The summed E-state index contributed by atoms with van der Waals surface area (Å²) in [5.74, 6) is 0. The first-order valence-corrected chi connectivity index (χ1v) is 15.3. The highest BCUT2D eigenvalue weighted by Crippen LogP contribution is 2.46. The summed E-state index contributed by atoms with van der Waals surface area (Å²) in [6.07, 6.45) is -4.85. The number of hydrogen-bond acceptors (Lipinski definition) is 4. The van der Waals surface area contributed by atoms with Gasteiger partial charge in [-0.25, -0.2) is 0 Å². The van der Waals surface area contributed by atoms with Crippen molar-refractivity contribution in [1.82, 2.24) is 9.13 Å². The first kappa shape index (κ1) is 30.0. The summed E-state index contributed by atoms with van der Waals surface area (Å²) < 4.78 is 48.9. The number of fused-ring (bicyclic) bond motifs is 6. The summed E-state index contributed by atoms with van der Waals surface area (Å²) in [5.41, 5.74) is 2.99. The molecule has 6 aromatic carbocycles. The molecule has 2 heterocycles. The molecular formula is C41H19F3N6. The number of rotatable bonds is 3. The molecule has 0 amide bonds. The number of alkyl halides is 3. The molecular weight excluding hydrogens is 633 g/mol. The third-order valence-corrected chi connectivity index (χ3v) is 9.03. The van der Waals surface area contributed by atoms with Gasteiger partial charge in [-0.15, -0.1) is 0 Å². The standard InChI is InChI=1S/C41H19F3N6/c42-41(43,44)33-17-26(22-47)9-12-30(33)40-38(49-34-7-3-1-5-28(34)31-15-24(20-45)10-13-36(31)49)18-27(23-48)19-39(40)50-35-8-4-2-6-29(35)32-16-25(21-46)11-14-37(32)50/h1-19H. The molecule has 2 aromatic heterocycles. The Bertz CT molecular complexity index is 2760. The molecule has 0 radical (unpaired) electrons. The monoisotopic (exact) mass is 652 g/mol. The zero-order valence-corrected chi connectivity index (χ0v) is 25.8. The molecule has 0 unspecified atom stereocenters. The molecule has 0 fully saturated rings. The van der Waals surface area contributed by atoms with E-state index in [0.29, 0.717) is 55.3 Å². The number of aromatic nitrogens is 2. The summed E-state index contributed by atoms with van der Waals surface area (Å²) in [6.45, 7) is 0. The Hall–Kier alpha value is -7.33. The molecule has 0 aliphatic carbocycles. The van der Waals surface area contributed by atoms with Gasteiger partial charge in [0.25, 0.3) is 0 Å². The smallest absolute Gasteiger partial charge is 0.308 e. The minimum absolute atomic E-state index is 0.153.